The highest BCUT2D eigenvalue weighted by atomic mass is 79.9. The normalized spacial score (nSPS) is 16.4. The summed E-state index contributed by atoms with van der Waals surface area (Å²) >= 11 is 5.08. The number of aromatic amines is 1. The van der Waals surface area contributed by atoms with Gasteiger partial charge in [0.25, 0.3) is 0 Å². The molecule has 5 rings (SSSR count). The van der Waals surface area contributed by atoms with Crippen LogP contribution in [-0.2, 0) is 6.54 Å². The highest BCUT2D eigenvalue weighted by Crippen LogP contribution is 2.42. The van der Waals surface area contributed by atoms with Gasteiger partial charge in [0.2, 0.25) is 6.79 Å². The van der Waals surface area contributed by atoms with Gasteiger partial charge < -0.3 is 29.7 Å². The molecule has 3 aromatic rings. The van der Waals surface area contributed by atoms with Crippen LogP contribution in [0.5, 0.6) is 11.5 Å². The molecular weight excluding hydrogens is 532 g/mol. The van der Waals surface area contributed by atoms with Gasteiger partial charge in [0.05, 0.1) is 6.33 Å². The van der Waals surface area contributed by atoms with Gasteiger partial charge in [0.1, 0.15) is 5.52 Å². The first kappa shape index (κ1) is 24.0. The summed E-state index contributed by atoms with van der Waals surface area (Å²) in [5.74, 6) is 2.73. The lowest BCUT2D eigenvalue weighted by molar-refractivity contribution is 0.174. The number of rotatable bonds is 7. The topological polar surface area (TPSA) is 130 Å². The maximum atomic E-state index is 8.26. The summed E-state index contributed by atoms with van der Waals surface area (Å²) in [6.45, 7) is 5.82. The van der Waals surface area contributed by atoms with Gasteiger partial charge in [-0.25, -0.2) is 9.97 Å². The molecule has 0 bridgehead atoms. The third-order valence-corrected chi connectivity index (χ3v) is 8.21. The number of H-pyrrole nitrogens is 1. The van der Waals surface area contributed by atoms with Crippen molar-refractivity contribution in [3.63, 3.8) is 0 Å². The van der Waals surface area contributed by atoms with E-state index < -0.39 is 0 Å². The van der Waals surface area contributed by atoms with E-state index in [1.54, 1.807) is 6.33 Å². The molecule has 35 heavy (non-hydrogen) atoms. The van der Waals surface area contributed by atoms with Crippen molar-refractivity contribution >= 4 is 44.8 Å². The first-order chi connectivity index (χ1) is 17.0. The van der Waals surface area contributed by atoms with Gasteiger partial charge in [-0.1, -0.05) is 18.7 Å². The maximum absolute atomic E-state index is 8.26. The Balaban J connectivity index is 1.26. The molecule has 2 aliphatic heterocycles. The van der Waals surface area contributed by atoms with Crippen molar-refractivity contribution in [2.24, 2.45) is 16.6 Å². The molecule has 0 atom stereocenters. The first-order valence-electron chi connectivity index (χ1n) is 11.8. The predicted octanol–water partition coefficient (Wildman–Crippen LogP) is 3.71. The van der Waals surface area contributed by atoms with Crippen molar-refractivity contribution in [2.75, 3.05) is 26.4 Å². The quantitative estimate of drug-likeness (QED) is 0.296. The Kier molecular flexibility index (Phi) is 7.19. The summed E-state index contributed by atoms with van der Waals surface area (Å²) in [5.41, 5.74) is 7.71. The molecule has 10 nitrogen and oxygen atoms in total. The second kappa shape index (κ2) is 10.5. The van der Waals surface area contributed by atoms with E-state index >= 15 is 0 Å². The fourth-order valence-corrected chi connectivity index (χ4v) is 5.74. The van der Waals surface area contributed by atoms with Crippen LogP contribution in [0.25, 0.3) is 11.2 Å². The van der Waals surface area contributed by atoms with Crippen molar-refractivity contribution in [3.05, 3.63) is 28.4 Å². The number of nitrogens with two attached hydrogens (primary N) is 1. The molecule has 0 saturated carbocycles. The van der Waals surface area contributed by atoms with Gasteiger partial charge in [0.15, 0.2) is 33.7 Å². The molecule has 0 unspecified atom stereocenters. The number of aromatic nitrogens is 4. The average Bonchev–Trinajstić information content (AvgIpc) is 3.50. The number of aliphatic imine (C=N–C) groups is 1. The maximum Gasteiger partial charge on any atom is 0.231 e. The molecule has 1 aromatic carbocycles. The number of hydrogen-bond acceptors (Lipinski definition) is 7. The number of nitrogens with zero attached hydrogens (tertiary/aromatic N) is 5. The molecule has 2 aliphatic rings. The molecule has 186 valence electrons. The highest BCUT2D eigenvalue weighted by molar-refractivity contribution is 9.10. The number of hydrogen-bond donors (Lipinski definition) is 3. The number of halogens is 1. The van der Waals surface area contributed by atoms with Crippen LogP contribution < -0.4 is 20.7 Å². The van der Waals surface area contributed by atoms with Crippen LogP contribution in [0, 0.1) is 11.3 Å². The molecule has 1 fully saturated rings. The van der Waals surface area contributed by atoms with Crippen molar-refractivity contribution in [1.82, 2.24) is 24.4 Å². The Bertz CT molecular complexity index is 1300. The van der Waals surface area contributed by atoms with Gasteiger partial charge in [-0.05, 0) is 59.7 Å². The lowest BCUT2D eigenvalue weighted by Gasteiger charge is -2.32. The Hall–Kier alpha value is -2.73. The van der Waals surface area contributed by atoms with Crippen LogP contribution in [0.2, 0.25) is 0 Å². The van der Waals surface area contributed by atoms with Gasteiger partial charge >= 0.3 is 0 Å². The third-order valence-electron chi connectivity index (χ3n) is 6.35. The number of likely N-dealkylation sites (tertiary alicyclic amines) is 1. The Labute approximate surface area is 216 Å². The standard InChI is InChI=1S/C23H29BrN8O2S/c1-2-6-27-22(26)31-7-3-14(4-8-31)5-9-32-12-28-20(25)19-21(32)30-23(29-19)35-18-11-17-16(10-15(18)24)33-13-34-17/h10-12,14,25H,2-9,13H2,1H3,(H2,26,27)(H,29,30). The van der Waals surface area contributed by atoms with Crippen molar-refractivity contribution in [2.45, 2.75) is 49.2 Å². The van der Waals surface area contributed by atoms with Crippen molar-refractivity contribution < 1.29 is 9.47 Å². The number of aryl methyl sites for hydroxylation is 1. The minimum atomic E-state index is 0.190. The predicted molar refractivity (Wildman–Crippen MR) is 138 cm³/mol. The summed E-state index contributed by atoms with van der Waals surface area (Å²) in [4.78, 5) is 20.0. The molecule has 4 N–H and O–H groups in total. The van der Waals surface area contributed by atoms with Crippen LogP contribution in [-0.4, -0.2) is 56.8 Å². The molecule has 12 heteroatoms. The molecule has 2 aromatic heterocycles. The molecule has 1 saturated heterocycles. The van der Waals surface area contributed by atoms with Crippen LogP contribution in [0.4, 0.5) is 0 Å². The van der Waals surface area contributed by atoms with Crippen LogP contribution >= 0.6 is 27.7 Å². The molecule has 0 spiro atoms. The molecule has 0 aliphatic carbocycles. The van der Waals surface area contributed by atoms with Crippen LogP contribution in [0.1, 0.15) is 32.6 Å². The first-order valence-corrected chi connectivity index (χ1v) is 13.4. The van der Waals surface area contributed by atoms with E-state index in [1.807, 2.05) is 16.7 Å². The zero-order chi connectivity index (χ0) is 24.4. The Morgan fingerprint density at radius 1 is 1.31 bits per heavy atom. The van der Waals surface area contributed by atoms with Crippen molar-refractivity contribution in [1.29, 1.82) is 5.41 Å². The number of imidazole rings is 1. The number of guanidine groups is 1. The second-order valence-electron chi connectivity index (χ2n) is 8.72. The Morgan fingerprint density at radius 2 is 2.09 bits per heavy atom. The lowest BCUT2D eigenvalue weighted by Crippen LogP contribution is -2.43. The Morgan fingerprint density at radius 3 is 2.86 bits per heavy atom. The largest absolute Gasteiger partial charge is 0.454 e. The minimum absolute atomic E-state index is 0.190. The summed E-state index contributed by atoms with van der Waals surface area (Å²) in [7, 11) is 0. The lowest BCUT2D eigenvalue weighted by atomic mass is 9.93. The number of fused-ring (bicyclic) bond motifs is 2. The molecule has 4 heterocycles. The van der Waals surface area contributed by atoms with E-state index in [1.165, 1.54) is 11.8 Å². The fourth-order valence-electron chi connectivity index (χ4n) is 4.35. The smallest absolute Gasteiger partial charge is 0.231 e. The zero-order valence-corrected chi connectivity index (χ0v) is 22.0. The highest BCUT2D eigenvalue weighted by Gasteiger charge is 2.21. The average molecular weight is 562 g/mol. The molecule has 0 amide bonds. The van der Waals surface area contributed by atoms with Gasteiger partial charge in [0, 0.05) is 35.5 Å². The van der Waals surface area contributed by atoms with Gasteiger partial charge in [-0.2, -0.15) is 0 Å². The molecular formula is C23H29BrN8O2S. The minimum Gasteiger partial charge on any atom is -0.454 e. The van der Waals surface area contributed by atoms with E-state index in [9.17, 15) is 0 Å². The van der Waals surface area contributed by atoms with Crippen LogP contribution in [0.15, 0.2) is 38.0 Å². The number of ether oxygens (including phenoxy) is 2. The fraction of sp³-hybridized carbons (Fsp3) is 0.478. The van der Waals surface area contributed by atoms with Gasteiger partial charge in [-0.3, -0.25) is 10.4 Å². The summed E-state index contributed by atoms with van der Waals surface area (Å²) in [6.07, 6.45) is 5.95. The number of piperidine rings is 1. The van der Waals surface area contributed by atoms with E-state index in [0.717, 1.165) is 72.6 Å². The summed E-state index contributed by atoms with van der Waals surface area (Å²) in [6, 6.07) is 3.84. The van der Waals surface area contributed by atoms with E-state index in [-0.39, 0.29) is 12.3 Å². The summed E-state index contributed by atoms with van der Waals surface area (Å²) in [5, 5.41) is 8.95. The van der Waals surface area contributed by atoms with Crippen molar-refractivity contribution in [3.8, 4) is 11.5 Å². The summed E-state index contributed by atoms with van der Waals surface area (Å²) < 4.78 is 13.9. The zero-order valence-electron chi connectivity index (χ0n) is 19.6. The third kappa shape index (κ3) is 5.27. The van der Waals surface area contributed by atoms with E-state index in [0.29, 0.717) is 28.3 Å². The number of nitrogens with one attached hydrogen (secondary N) is 2. The SMILES string of the molecule is CCCN=C(N)N1CCC(CCn2cnc(=N)c3[nH]c(Sc4cc5c(cc4Br)OCO5)nc32)CC1. The van der Waals surface area contributed by atoms with Crippen LogP contribution in [0.3, 0.4) is 0 Å². The van der Waals surface area contributed by atoms with E-state index in [2.05, 4.69) is 42.7 Å². The monoisotopic (exact) mass is 560 g/mol. The van der Waals surface area contributed by atoms with Gasteiger partial charge in [-0.15, -0.1) is 0 Å². The number of benzene rings is 1. The molecule has 0 radical (unpaired) electrons. The second-order valence-corrected chi connectivity index (χ2v) is 10.6. The van der Waals surface area contributed by atoms with E-state index in [4.69, 9.17) is 25.6 Å².